The number of hydrogen-bond acceptors (Lipinski definition) is 14. The number of carbonyl (C=O) groups excluding carboxylic acids is 7. The number of rotatable bonds is 32. The number of nitrogens with one attached hydrogen (secondary N) is 8. The van der Waals surface area contributed by atoms with E-state index in [0.717, 1.165) is 0 Å². The fourth-order valence-electron chi connectivity index (χ4n) is 8.28. The van der Waals surface area contributed by atoms with Gasteiger partial charge in [-0.25, -0.2) is 9.78 Å². The molecule has 7 atom stereocenters. The molecule has 26 heteroatoms. The van der Waals surface area contributed by atoms with Crippen LogP contribution in [0.4, 0.5) is 0 Å². The summed E-state index contributed by atoms with van der Waals surface area (Å²) in [4.78, 5) is 134. The number of unbranched alkanes of at least 4 members (excludes halogenated alkanes) is 1. The molecule has 2 aromatic carbocycles. The van der Waals surface area contributed by atoms with E-state index in [-0.39, 0.29) is 82.8 Å². The van der Waals surface area contributed by atoms with Crippen molar-refractivity contribution in [3.05, 3.63) is 83.9 Å². The van der Waals surface area contributed by atoms with Crippen molar-refractivity contribution in [2.24, 2.45) is 22.2 Å². The number of likely N-dealkylation sites (N-methyl/N-ethyl adjacent to an activating group) is 1. The van der Waals surface area contributed by atoms with Crippen molar-refractivity contribution in [3.63, 3.8) is 0 Å². The largest absolute Gasteiger partial charge is 0.508 e. The van der Waals surface area contributed by atoms with Gasteiger partial charge in [-0.05, 0) is 88.2 Å². The summed E-state index contributed by atoms with van der Waals surface area (Å²) in [6.45, 7) is 0.341. The van der Waals surface area contributed by atoms with Crippen LogP contribution in [0.5, 0.6) is 5.75 Å². The highest BCUT2D eigenvalue weighted by atomic mass is 16.4. The number of hydrogen-bond donors (Lipinski definition) is 14. The maximum Gasteiger partial charge on any atom is 0.326 e. The van der Waals surface area contributed by atoms with Gasteiger partial charge in [-0.2, -0.15) is 0 Å². The third-order valence-corrected chi connectivity index (χ3v) is 12.1. The topological polar surface area (TPSA) is 421 Å². The summed E-state index contributed by atoms with van der Waals surface area (Å²) in [6, 6.07) is 4.87. The zero-order chi connectivity index (χ0) is 54.9. The zero-order valence-corrected chi connectivity index (χ0v) is 41.8. The first-order valence-corrected chi connectivity index (χ1v) is 24.6. The lowest BCUT2D eigenvalue weighted by Gasteiger charge is -2.30. The minimum Gasteiger partial charge on any atom is -0.508 e. The first-order valence-electron chi connectivity index (χ1n) is 24.6. The van der Waals surface area contributed by atoms with Crippen LogP contribution in [0, 0.1) is 0 Å². The van der Waals surface area contributed by atoms with Crippen molar-refractivity contribution < 1.29 is 58.5 Å². The summed E-state index contributed by atoms with van der Waals surface area (Å²) >= 11 is 0. The Kier molecular flexibility index (Phi) is 24.4. The summed E-state index contributed by atoms with van der Waals surface area (Å²) < 4.78 is 0. The molecule has 17 N–H and O–H groups in total. The molecule has 0 radical (unpaired) electrons. The van der Waals surface area contributed by atoms with Gasteiger partial charge >= 0.3 is 11.9 Å². The molecule has 0 bridgehead atoms. The minimum absolute atomic E-state index is 0.0294. The molecule has 1 aliphatic heterocycles. The van der Waals surface area contributed by atoms with Gasteiger partial charge in [0, 0.05) is 50.7 Å². The Morgan fingerprint density at radius 1 is 0.720 bits per heavy atom. The Morgan fingerprint density at radius 2 is 1.31 bits per heavy atom. The fraction of sp³-hybridized carbons (Fsp3) is 0.490. The molecular formula is C49H70N14O12. The molecule has 26 nitrogen and oxygen atoms in total. The number of aromatic nitrogens is 2. The Hall–Kier alpha value is -8.13. The Labute approximate surface area is 433 Å². The molecule has 2 heterocycles. The van der Waals surface area contributed by atoms with E-state index in [1.807, 2.05) is 0 Å². The molecule has 4 rings (SSSR count). The number of carbonyl (C=O) groups is 9. The number of carboxylic acids is 2. The van der Waals surface area contributed by atoms with Crippen molar-refractivity contribution in [2.75, 3.05) is 33.2 Å². The van der Waals surface area contributed by atoms with Crippen LogP contribution in [0.25, 0.3) is 0 Å². The number of amides is 7. The number of aliphatic imine (C=N–C) groups is 1. The Bertz CT molecular complexity index is 2400. The summed E-state index contributed by atoms with van der Waals surface area (Å²) in [7, 11) is 1.54. The second-order valence-corrected chi connectivity index (χ2v) is 18.0. The summed E-state index contributed by atoms with van der Waals surface area (Å²) in [5.74, 6) is -8.37. The third-order valence-electron chi connectivity index (χ3n) is 12.1. The molecule has 1 aromatic heterocycles. The van der Waals surface area contributed by atoms with Crippen LogP contribution in [0.3, 0.4) is 0 Å². The van der Waals surface area contributed by atoms with Gasteiger partial charge in [0.15, 0.2) is 5.96 Å². The number of H-pyrrole nitrogens is 1. The molecule has 3 aromatic rings. The van der Waals surface area contributed by atoms with Crippen molar-refractivity contribution in [1.29, 1.82) is 0 Å². The average Bonchev–Trinajstić information content (AvgIpc) is 4.09. The standard InChI is InChI=1S/C49H70N14O12/c1-53-27-40(65)57-33(12-7-21-55-49(51)52)42(68)58-34(11-5-6-20-50)43(69)60-36(23-30-14-16-32(64)17-15-30)45(71)59-35(18-19-41(66)67)44(70)61-37(25-31-26-54-28-56-31)47(73)63-22-8-13-39(63)46(72)62-38(48(74)75)24-29-9-3-2-4-10-29/h2-4,9-10,14-17,26,28,33-39,53,64H,5-8,11-13,18-25,27,50H2,1H3,(H,54,56)(H,57,65)(H,58,68)(H,59,71)(H,60,69)(H,61,70)(H,62,72)(H,66,67)(H,74,75)(H4,51,52,55)/t33-,34-,35-,36-,37-,38-,39-/m0/s1. The van der Waals surface area contributed by atoms with Crippen LogP contribution in [0.2, 0.25) is 0 Å². The number of benzene rings is 2. The molecule has 1 aliphatic rings. The van der Waals surface area contributed by atoms with Gasteiger partial charge in [-0.15, -0.1) is 0 Å². The number of phenolic OH excluding ortho intramolecular Hbond substituents is 1. The van der Waals surface area contributed by atoms with Crippen LogP contribution < -0.4 is 54.4 Å². The van der Waals surface area contributed by atoms with Crippen molar-refractivity contribution in [1.82, 2.24) is 52.1 Å². The van der Waals surface area contributed by atoms with Crippen molar-refractivity contribution >= 4 is 59.2 Å². The van der Waals surface area contributed by atoms with Crippen LogP contribution in [0.1, 0.15) is 74.6 Å². The lowest BCUT2D eigenvalue weighted by molar-refractivity contribution is -0.145. The molecular weight excluding hydrogens is 977 g/mol. The number of aliphatic carboxylic acids is 2. The second-order valence-electron chi connectivity index (χ2n) is 18.0. The highest BCUT2D eigenvalue weighted by molar-refractivity contribution is 5.98. The van der Waals surface area contributed by atoms with E-state index in [1.165, 1.54) is 41.7 Å². The number of nitrogens with two attached hydrogens (primary N) is 3. The van der Waals surface area contributed by atoms with E-state index in [1.54, 1.807) is 37.4 Å². The number of likely N-dealkylation sites (tertiary alicyclic amines) is 1. The SMILES string of the molecule is CNCC(=O)N[C@@H](CCCN=C(N)N)C(=O)N[C@@H](CCCCN)C(=O)N[C@@H](Cc1ccc(O)cc1)C(=O)N[C@@H](CCC(=O)O)C(=O)N[C@@H](Cc1cnc[nH]1)C(=O)N1CCC[C@H]1C(=O)N[C@@H](Cc1ccccc1)C(=O)O. The predicted octanol–water partition coefficient (Wildman–Crippen LogP) is -2.61. The van der Waals surface area contributed by atoms with Crippen LogP contribution in [0.15, 0.2) is 72.1 Å². The normalized spacial score (nSPS) is 15.4. The van der Waals surface area contributed by atoms with E-state index < -0.39 is 108 Å². The molecule has 0 saturated carbocycles. The Balaban J connectivity index is 1.61. The summed E-state index contributed by atoms with van der Waals surface area (Å²) in [5.41, 5.74) is 18.1. The van der Waals surface area contributed by atoms with Gasteiger partial charge < -0.3 is 79.6 Å². The maximum atomic E-state index is 14.5. The zero-order valence-electron chi connectivity index (χ0n) is 41.8. The van der Waals surface area contributed by atoms with Crippen molar-refractivity contribution in [3.8, 4) is 5.75 Å². The smallest absolute Gasteiger partial charge is 0.326 e. The lowest BCUT2D eigenvalue weighted by Crippen LogP contribution is -2.60. The van der Waals surface area contributed by atoms with E-state index in [9.17, 15) is 58.5 Å². The molecule has 1 saturated heterocycles. The number of aromatic hydroxyl groups is 1. The van der Waals surface area contributed by atoms with E-state index >= 15 is 0 Å². The number of aromatic amines is 1. The Morgan fingerprint density at radius 3 is 1.91 bits per heavy atom. The fourth-order valence-corrected chi connectivity index (χ4v) is 8.28. The average molecular weight is 1050 g/mol. The number of phenols is 1. The van der Waals surface area contributed by atoms with Crippen LogP contribution in [-0.2, 0) is 62.4 Å². The van der Waals surface area contributed by atoms with E-state index in [4.69, 9.17) is 17.2 Å². The van der Waals surface area contributed by atoms with Gasteiger partial charge in [-0.1, -0.05) is 42.5 Å². The number of imidazole rings is 1. The molecule has 7 amide bonds. The quantitative estimate of drug-likeness (QED) is 0.0173. The first kappa shape index (κ1) is 59.4. The summed E-state index contributed by atoms with van der Waals surface area (Å²) in [6.07, 6.45) is 2.87. The molecule has 0 spiro atoms. The highest BCUT2D eigenvalue weighted by Gasteiger charge is 2.40. The highest BCUT2D eigenvalue weighted by Crippen LogP contribution is 2.21. The second kappa shape index (κ2) is 30.8. The van der Waals surface area contributed by atoms with Crippen molar-refractivity contribution in [2.45, 2.75) is 119 Å². The molecule has 75 heavy (non-hydrogen) atoms. The molecule has 1 fully saturated rings. The lowest BCUT2D eigenvalue weighted by atomic mass is 10.0. The monoisotopic (exact) mass is 1050 g/mol. The first-order chi connectivity index (χ1) is 35.9. The van der Waals surface area contributed by atoms with Crippen LogP contribution in [-0.4, -0.2) is 165 Å². The predicted molar refractivity (Wildman–Crippen MR) is 272 cm³/mol. The van der Waals surface area contributed by atoms with Crippen LogP contribution >= 0.6 is 0 Å². The summed E-state index contributed by atoms with van der Waals surface area (Å²) in [5, 5.41) is 48.2. The van der Waals surface area contributed by atoms with E-state index in [0.29, 0.717) is 36.1 Å². The number of carboxylic acid groups (broad SMARTS) is 2. The molecule has 0 unspecified atom stereocenters. The van der Waals surface area contributed by atoms with Gasteiger partial charge in [0.25, 0.3) is 0 Å². The maximum absolute atomic E-state index is 14.5. The number of guanidine groups is 1. The van der Waals surface area contributed by atoms with Gasteiger partial charge in [0.2, 0.25) is 41.4 Å². The van der Waals surface area contributed by atoms with Gasteiger partial charge in [0.1, 0.15) is 48.0 Å². The minimum atomic E-state index is -1.64. The molecule has 0 aliphatic carbocycles. The van der Waals surface area contributed by atoms with Gasteiger partial charge in [0.05, 0.1) is 12.9 Å². The third kappa shape index (κ3) is 20.4. The molecule has 408 valence electrons. The van der Waals surface area contributed by atoms with Gasteiger partial charge in [-0.3, -0.25) is 43.3 Å². The van der Waals surface area contributed by atoms with E-state index in [2.05, 4.69) is 52.2 Å². The number of nitrogens with zero attached hydrogens (tertiary/aromatic N) is 3.